The van der Waals surface area contributed by atoms with Crippen molar-refractivity contribution in [3.8, 4) is 0 Å². The Morgan fingerprint density at radius 1 is 1.38 bits per heavy atom. The van der Waals surface area contributed by atoms with Crippen molar-refractivity contribution in [2.24, 2.45) is 0 Å². The van der Waals surface area contributed by atoms with Gasteiger partial charge in [-0.25, -0.2) is 4.39 Å². The number of benzene rings is 1. The summed E-state index contributed by atoms with van der Waals surface area (Å²) in [4.78, 5) is 0. The topological polar surface area (TPSA) is 25.2 Å². The number of nitrogens with one attached hydrogen (secondary N) is 1. The number of anilines is 1. The molecule has 1 N–H and O–H groups in total. The van der Waals surface area contributed by atoms with Crippen LogP contribution in [0.3, 0.4) is 0 Å². The van der Waals surface area contributed by atoms with E-state index < -0.39 is 0 Å². The van der Waals surface area contributed by atoms with E-state index in [2.05, 4.69) is 43.8 Å². The Balaban J connectivity index is 2.08. The molecule has 0 bridgehead atoms. The summed E-state index contributed by atoms with van der Waals surface area (Å²) in [5.74, 6) is 0.592. The van der Waals surface area contributed by atoms with Gasteiger partial charge in [-0.15, -0.1) is 0 Å². The van der Waals surface area contributed by atoms with E-state index in [0.717, 1.165) is 19.5 Å². The van der Waals surface area contributed by atoms with Crippen molar-refractivity contribution >= 4 is 44.2 Å². The van der Waals surface area contributed by atoms with Crippen molar-refractivity contribution in [3.05, 3.63) is 50.1 Å². The lowest BCUT2D eigenvalue weighted by Gasteiger charge is -2.07. The fourth-order valence-corrected chi connectivity index (χ4v) is 2.27. The normalized spacial score (nSPS) is 10.4. The molecule has 84 valence electrons. The van der Waals surface area contributed by atoms with Gasteiger partial charge in [0.2, 0.25) is 0 Å². The van der Waals surface area contributed by atoms with Crippen molar-refractivity contribution in [2.75, 3.05) is 5.32 Å². The Morgan fingerprint density at radius 3 is 2.81 bits per heavy atom. The Hall–Kier alpha value is -0.560. The fraction of sp³-hybridized carbons (Fsp3) is 0.0909. The van der Waals surface area contributed by atoms with Gasteiger partial charge in [0, 0.05) is 9.26 Å². The Kier molecular flexibility index (Phi) is 3.86. The molecule has 0 aliphatic rings. The number of rotatable bonds is 3. The molecule has 1 heterocycles. The van der Waals surface area contributed by atoms with Crippen LogP contribution in [-0.4, -0.2) is 0 Å². The summed E-state index contributed by atoms with van der Waals surface area (Å²) >= 11 is 5.47. The van der Waals surface area contributed by atoms with Crippen LogP contribution in [0.5, 0.6) is 0 Å². The average Bonchev–Trinajstić information content (AvgIpc) is 2.63. The molecule has 0 saturated carbocycles. The fourth-order valence-electron chi connectivity index (χ4n) is 1.26. The molecule has 0 radical (unpaired) electrons. The van der Waals surface area contributed by atoms with E-state index >= 15 is 0 Å². The maximum Gasteiger partial charge on any atom is 0.136 e. The van der Waals surface area contributed by atoms with Gasteiger partial charge < -0.3 is 9.73 Å². The first kappa shape index (κ1) is 11.9. The highest BCUT2D eigenvalue weighted by Crippen LogP contribution is 2.22. The number of halogens is 3. The second-order valence-electron chi connectivity index (χ2n) is 3.17. The van der Waals surface area contributed by atoms with Crippen LogP contribution in [0.1, 0.15) is 5.76 Å². The standard InChI is InChI=1S/C11H8BrFINO/c12-8-3-4-16-11(8)6-15-10-2-1-7(13)5-9(10)14/h1-5,15H,6H2. The van der Waals surface area contributed by atoms with Crippen LogP contribution >= 0.6 is 38.5 Å². The van der Waals surface area contributed by atoms with Gasteiger partial charge in [0.1, 0.15) is 11.6 Å². The molecule has 0 fully saturated rings. The minimum absolute atomic E-state index is 0.228. The highest BCUT2D eigenvalue weighted by molar-refractivity contribution is 14.1. The highest BCUT2D eigenvalue weighted by atomic mass is 127. The summed E-state index contributed by atoms with van der Waals surface area (Å²) in [7, 11) is 0. The van der Waals surface area contributed by atoms with Gasteiger partial charge in [0.25, 0.3) is 0 Å². The van der Waals surface area contributed by atoms with Crippen LogP contribution in [-0.2, 0) is 6.54 Å². The van der Waals surface area contributed by atoms with E-state index in [0.29, 0.717) is 6.54 Å². The number of furan rings is 1. The molecule has 1 aromatic heterocycles. The molecule has 2 aromatic rings. The quantitative estimate of drug-likeness (QED) is 0.779. The molecule has 2 nitrogen and oxygen atoms in total. The van der Waals surface area contributed by atoms with Crippen molar-refractivity contribution in [1.82, 2.24) is 0 Å². The van der Waals surface area contributed by atoms with Gasteiger partial charge in [-0.1, -0.05) is 0 Å². The second kappa shape index (κ2) is 5.18. The molecule has 5 heteroatoms. The smallest absolute Gasteiger partial charge is 0.136 e. The van der Waals surface area contributed by atoms with Crippen LogP contribution in [0.4, 0.5) is 10.1 Å². The third-order valence-electron chi connectivity index (χ3n) is 2.06. The Morgan fingerprint density at radius 2 is 2.19 bits per heavy atom. The van der Waals surface area contributed by atoms with E-state index in [9.17, 15) is 4.39 Å². The first-order valence-corrected chi connectivity index (χ1v) is 6.45. The monoisotopic (exact) mass is 395 g/mol. The maximum absolute atomic E-state index is 12.9. The summed E-state index contributed by atoms with van der Waals surface area (Å²) in [6.07, 6.45) is 1.62. The minimum Gasteiger partial charge on any atom is -0.466 e. The molecule has 0 aliphatic carbocycles. The SMILES string of the molecule is Fc1ccc(NCc2occc2Br)c(I)c1. The lowest BCUT2D eigenvalue weighted by atomic mass is 10.3. The second-order valence-corrected chi connectivity index (χ2v) is 5.19. The summed E-state index contributed by atoms with van der Waals surface area (Å²) in [5.41, 5.74) is 0.894. The van der Waals surface area contributed by atoms with Crippen LogP contribution in [0, 0.1) is 9.39 Å². The van der Waals surface area contributed by atoms with Gasteiger partial charge in [-0.3, -0.25) is 0 Å². The summed E-state index contributed by atoms with van der Waals surface area (Å²) in [6.45, 7) is 0.565. The third-order valence-corrected chi connectivity index (χ3v) is 3.66. The zero-order valence-corrected chi connectivity index (χ0v) is 11.9. The van der Waals surface area contributed by atoms with Gasteiger partial charge in [-0.05, 0) is 62.8 Å². The Labute approximate surface area is 114 Å². The molecule has 0 aliphatic heterocycles. The molecule has 0 atom stereocenters. The first-order valence-electron chi connectivity index (χ1n) is 4.57. The molecular weight excluding hydrogens is 388 g/mol. The Bertz CT molecular complexity index is 500. The zero-order valence-electron chi connectivity index (χ0n) is 8.14. The van der Waals surface area contributed by atoms with E-state index in [1.54, 1.807) is 12.3 Å². The molecule has 0 saturated heterocycles. The maximum atomic E-state index is 12.9. The molecule has 0 unspecified atom stereocenters. The van der Waals surface area contributed by atoms with Crippen molar-refractivity contribution in [2.45, 2.75) is 6.54 Å². The van der Waals surface area contributed by atoms with Crippen LogP contribution in [0.25, 0.3) is 0 Å². The van der Waals surface area contributed by atoms with Crippen molar-refractivity contribution < 1.29 is 8.81 Å². The van der Waals surface area contributed by atoms with Crippen LogP contribution in [0.2, 0.25) is 0 Å². The van der Waals surface area contributed by atoms with Gasteiger partial charge in [0.05, 0.1) is 17.3 Å². The van der Waals surface area contributed by atoms with E-state index in [1.807, 2.05) is 6.07 Å². The minimum atomic E-state index is -0.228. The lowest BCUT2D eigenvalue weighted by molar-refractivity contribution is 0.516. The average molecular weight is 396 g/mol. The molecule has 0 amide bonds. The number of hydrogen-bond acceptors (Lipinski definition) is 2. The van der Waals surface area contributed by atoms with Gasteiger partial charge in [0.15, 0.2) is 0 Å². The summed E-state index contributed by atoms with van der Waals surface area (Å²) < 4.78 is 19.9. The van der Waals surface area contributed by atoms with Crippen LogP contribution in [0.15, 0.2) is 39.4 Å². The predicted molar refractivity (Wildman–Crippen MR) is 72.9 cm³/mol. The third kappa shape index (κ3) is 2.76. The van der Waals surface area contributed by atoms with E-state index in [-0.39, 0.29) is 5.82 Å². The first-order chi connectivity index (χ1) is 7.66. The predicted octanol–water partition coefficient (Wildman–Crippen LogP) is 4.40. The van der Waals surface area contributed by atoms with E-state index in [4.69, 9.17) is 4.42 Å². The molecule has 2 rings (SSSR count). The highest BCUT2D eigenvalue weighted by Gasteiger charge is 2.05. The largest absolute Gasteiger partial charge is 0.466 e. The summed E-state index contributed by atoms with van der Waals surface area (Å²) in [6, 6.07) is 6.47. The summed E-state index contributed by atoms with van der Waals surface area (Å²) in [5, 5.41) is 3.19. The van der Waals surface area contributed by atoms with Crippen LogP contribution < -0.4 is 5.32 Å². The molecule has 0 spiro atoms. The molecule has 16 heavy (non-hydrogen) atoms. The molecular formula is C11H8BrFINO. The van der Waals surface area contributed by atoms with Crippen molar-refractivity contribution in [1.29, 1.82) is 0 Å². The zero-order chi connectivity index (χ0) is 11.5. The lowest BCUT2D eigenvalue weighted by Crippen LogP contribution is -2.00. The van der Waals surface area contributed by atoms with Gasteiger partial charge in [-0.2, -0.15) is 0 Å². The van der Waals surface area contributed by atoms with Gasteiger partial charge >= 0.3 is 0 Å². The molecule has 1 aromatic carbocycles. The number of hydrogen-bond donors (Lipinski definition) is 1. The van der Waals surface area contributed by atoms with E-state index in [1.165, 1.54) is 12.1 Å². The van der Waals surface area contributed by atoms with Crippen molar-refractivity contribution in [3.63, 3.8) is 0 Å².